The minimum atomic E-state index is -0.395. The van der Waals surface area contributed by atoms with E-state index in [1.807, 2.05) is 12.1 Å². The standard InChI is InChI=1S/C19H18N4O5S/c24-23(25)15-6-13-9-26-11-28-17(13)14(7-15)10-29-19-21-20-18(12-3-4-12)22(19)8-16-2-1-5-27-16/h1-2,5-7,12H,3-4,8-11H2. The maximum Gasteiger partial charge on any atom is 0.270 e. The van der Waals surface area contributed by atoms with Gasteiger partial charge in [-0.2, -0.15) is 0 Å². The van der Waals surface area contributed by atoms with Crippen molar-refractivity contribution in [3.8, 4) is 5.75 Å². The van der Waals surface area contributed by atoms with Crippen LogP contribution in [0.4, 0.5) is 5.69 Å². The molecule has 3 aromatic rings. The molecule has 0 radical (unpaired) electrons. The van der Waals surface area contributed by atoms with Crippen molar-refractivity contribution in [3.05, 3.63) is 63.4 Å². The normalized spacial score (nSPS) is 15.7. The first-order valence-corrected chi connectivity index (χ1v) is 10.3. The van der Waals surface area contributed by atoms with E-state index >= 15 is 0 Å². The van der Waals surface area contributed by atoms with Crippen LogP contribution in [0, 0.1) is 10.1 Å². The molecule has 0 amide bonds. The number of nitro groups is 1. The average molecular weight is 414 g/mol. The van der Waals surface area contributed by atoms with Gasteiger partial charge < -0.3 is 13.9 Å². The van der Waals surface area contributed by atoms with E-state index in [-0.39, 0.29) is 12.5 Å². The van der Waals surface area contributed by atoms with Crippen molar-refractivity contribution >= 4 is 17.4 Å². The van der Waals surface area contributed by atoms with E-state index in [2.05, 4.69) is 14.8 Å². The highest BCUT2D eigenvalue weighted by Gasteiger charge is 2.31. The van der Waals surface area contributed by atoms with Crippen LogP contribution >= 0.6 is 11.8 Å². The molecule has 0 N–H and O–H groups in total. The third-order valence-corrected chi connectivity index (χ3v) is 5.94. The number of hydrogen-bond donors (Lipinski definition) is 0. The van der Waals surface area contributed by atoms with Crippen molar-refractivity contribution in [1.29, 1.82) is 0 Å². The van der Waals surface area contributed by atoms with Gasteiger partial charge >= 0.3 is 0 Å². The summed E-state index contributed by atoms with van der Waals surface area (Å²) in [6.07, 6.45) is 3.89. The molecule has 0 atom stereocenters. The van der Waals surface area contributed by atoms with Crippen LogP contribution in [0.2, 0.25) is 0 Å². The third kappa shape index (κ3) is 3.73. The minimum Gasteiger partial charge on any atom is -0.467 e. The zero-order valence-corrected chi connectivity index (χ0v) is 16.3. The maximum atomic E-state index is 11.3. The summed E-state index contributed by atoms with van der Waals surface area (Å²) in [7, 11) is 0. The molecule has 1 aliphatic carbocycles. The molecule has 5 rings (SSSR count). The molecule has 1 aliphatic heterocycles. The number of furan rings is 1. The number of ether oxygens (including phenoxy) is 2. The molecule has 2 aliphatic rings. The second-order valence-electron chi connectivity index (χ2n) is 7.03. The van der Waals surface area contributed by atoms with Crippen molar-refractivity contribution in [3.63, 3.8) is 0 Å². The molecule has 29 heavy (non-hydrogen) atoms. The summed E-state index contributed by atoms with van der Waals surface area (Å²) in [4.78, 5) is 10.9. The Kier molecular flexibility index (Phi) is 4.72. The predicted molar refractivity (Wildman–Crippen MR) is 103 cm³/mol. The van der Waals surface area contributed by atoms with E-state index in [0.29, 0.717) is 36.1 Å². The van der Waals surface area contributed by atoms with Gasteiger partial charge in [0.05, 0.1) is 24.3 Å². The van der Waals surface area contributed by atoms with Gasteiger partial charge in [-0.25, -0.2) is 0 Å². The SMILES string of the molecule is O=[N+]([O-])c1cc2c(c(CSc3nnc(C4CC4)n3Cc3ccco3)c1)OCOC2. The number of fused-ring (bicyclic) bond motifs is 1. The van der Waals surface area contributed by atoms with E-state index < -0.39 is 4.92 Å². The molecule has 9 nitrogen and oxygen atoms in total. The summed E-state index contributed by atoms with van der Waals surface area (Å²) in [5, 5.41) is 20.8. The van der Waals surface area contributed by atoms with Gasteiger partial charge in [-0.15, -0.1) is 10.2 Å². The molecule has 10 heteroatoms. The quantitative estimate of drug-likeness (QED) is 0.326. The van der Waals surface area contributed by atoms with Crippen molar-refractivity contribution in [1.82, 2.24) is 14.8 Å². The summed E-state index contributed by atoms with van der Waals surface area (Å²) >= 11 is 1.49. The first-order chi connectivity index (χ1) is 14.2. The number of nitrogens with zero attached hydrogens (tertiary/aromatic N) is 4. The fourth-order valence-corrected chi connectivity index (χ4v) is 4.30. The summed E-state index contributed by atoms with van der Waals surface area (Å²) in [5.41, 5.74) is 1.48. The molecule has 1 fully saturated rings. The Bertz CT molecular complexity index is 1050. The largest absolute Gasteiger partial charge is 0.467 e. The second-order valence-corrected chi connectivity index (χ2v) is 7.97. The Hall–Kier alpha value is -2.85. The molecular formula is C19H18N4O5S. The van der Waals surface area contributed by atoms with E-state index in [4.69, 9.17) is 13.9 Å². The van der Waals surface area contributed by atoms with Crippen molar-refractivity contribution < 1.29 is 18.8 Å². The first kappa shape index (κ1) is 18.2. The van der Waals surface area contributed by atoms with Gasteiger partial charge in [0.25, 0.3) is 5.69 Å². The zero-order valence-electron chi connectivity index (χ0n) is 15.4. The monoisotopic (exact) mass is 414 g/mol. The van der Waals surface area contributed by atoms with E-state index in [1.165, 1.54) is 17.8 Å². The Morgan fingerprint density at radius 1 is 1.31 bits per heavy atom. The highest BCUT2D eigenvalue weighted by atomic mass is 32.2. The fourth-order valence-electron chi connectivity index (χ4n) is 3.39. The highest BCUT2D eigenvalue weighted by molar-refractivity contribution is 7.98. The van der Waals surface area contributed by atoms with Crippen molar-refractivity contribution in [2.24, 2.45) is 0 Å². The molecule has 0 spiro atoms. The predicted octanol–water partition coefficient (Wildman–Crippen LogP) is 3.86. The molecule has 0 saturated heterocycles. The number of rotatable bonds is 7. The van der Waals surface area contributed by atoms with Crippen LogP contribution in [0.25, 0.3) is 0 Å². The first-order valence-electron chi connectivity index (χ1n) is 9.28. The molecule has 2 aromatic heterocycles. The Morgan fingerprint density at radius 3 is 2.97 bits per heavy atom. The van der Waals surface area contributed by atoms with Gasteiger partial charge in [-0.3, -0.25) is 14.7 Å². The van der Waals surface area contributed by atoms with Crippen LogP contribution in [0.1, 0.15) is 41.5 Å². The lowest BCUT2D eigenvalue weighted by Gasteiger charge is -2.20. The Balaban J connectivity index is 1.43. The molecule has 0 bridgehead atoms. The van der Waals surface area contributed by atoms with Crippen LogP contribution in [-0.4, -0.2) is 26.5 Å². The number of benzene rings is 1. The fraction of sp³-hybridized carbons (Fsp3) is 0.368. The smallest absolute Gasteiger partial charge is 0.270 e. The van der Waals surface area contributed by atoms with E-state index in [0.717, 1.165) is 35.1 Å². The van der Waals surface area contributed by atoms with Crippen LogP contribution in [-0.2, 0) is 23.6 Å². The average Bonchev–Trinajstić information content (AvgIpc) is 3.29. The number of nitro benzene ring substituents is 1. The lowest BCUT2D eigenvalue weighted by Crippen LogP contribution is -2.13. The lowest BCUT2D eigenvalue weighted by atomic mass is 10.1. The molecule has 1 aromatic carbocycles. The topological polar surface area (TPSA) is 105 Å². The van der Waals surface area contributed by atoms with Crippen molar-refractivity contribution in [2.45, 2.75) is 42.8 Å². The van der Waals surface area contributed by atoms with E-state index in [9.17, 15) is 10.1 Å². The highest BCUT2D eigenvalue weighted by Crippen LogP contribution is 2.41. The Morgan fingerprint density at radius 2 is 2.21 bits per heavy atom. The molecular weight excluding hydrogens is 396 g/mol. The molecule has 1 saturated carbocycles. The molecule has 150 valence electrons. The molecule has 0 unspecified atom stereocenters. The summed E-state index contributed by atoms with van der Waals surface area (Å²) in [6, 6.07) is 6.85. The minimum absolute atomic E-state index is 0.0316. The van der Waals surface area contributed by atoms with Crippen LogP contribution in [0.3, 0.4) is 0 Å². The summed E-state index contributed by atoms with van der Waals surface area (Å²) < 4.78 is 18.5. The van der Waals surface area contributed by atoms with Gasteiger partial charge in [0.15, 0.2) is 11.9 Å². The van der Waals surface area contributed by atoms with Crippen LogP contribution in [0.5, 0.6) is 5.75 Å². The summed E-state index contributed by atoms with van der Waals surface area (Å²) in [6.45, 7) is 1.00. The van der Waals surface area contributed by atoms with Gasteiger partial charge in [-0.05, 0) is 25.0 Å². The van der Waals surface area contributed by atoms with Crippen LogP contribution < -0.4 is 4.74 Å². The van der Waals surface area contributed by atoms with Crippen LogP contribution in [0.15, 0.2) is 40.1 Å². The van der Waals surface area contributed by atoms with Gasteiger partial charge in [0.2, 0.25) is 0 Å². The maximum absolute atomic E-state index is 11.3. The lowest BCUT2D eigenvalue weighted by molar-refractivity contribution is -0.385. The Labute approximate surface area is 170 Å². The van der Waals surface area contributed by atoms with Crippen molar-refractivity contribution in [2.75, 3.05) is 6.79 Å². The summed E-state index contributed by atoms with van der Waals surface area (Å²) in [5.74, 6) is 3.38. The number of hydrogen-bond acceptors (Lipinski definition) is 8. The van der Waals surface area contributed by atoms with Gasteiger partial charge in [-0.1, -0.05) is 11.8 Å². The molecule has 3 heterocycles. The van der Waals surface area contributed by atoms with Gasteiger partial charge in [0.1, 0.15) is 17.3 Å². The van der Waals surface area contributed by atoms with E-state index in [1.54, 1.807) is 12.3 Å². The van der Waals surface area contributed by atoms with Gasteiger partial charge in [0, 0.05) is 34.9 Å². The number of aromatic nitrogens is 3. The second kappa shape index (κ2) is 7.53. The number of thioether (sulfide) groups is 1. The third-order valence-electron chi connectivity index (χ3n) is 4.92. The number of non-ortho nitro benzene ring substituents is 1. The zero-order chi connectivity index (χ0) is 19.8.